The van der Waals surface area contributed by atoms with Crippen LogP contribution in [0.25, 0.3) is 11.4 Å². The van der Waals surface area contributed by atoms with Gasteiger partial charge < -0.3 is 14.7 Å². The van der Waals surface area contributed by atoms with Gasteiger partial charge in [0.05, 0.1) is 12.7 Å². The second-order valence-electron chi connectivity index (χ2n) is 8.50. The number of β-amino-alcohol motifs (C(OH)–C–C–N with tert-alkyl or cyclic N) is 1. The standard InChI is InChI=1S/C26H31FN4O2/c1-19-24(16-20-7-6-10-22(27)15-20)26(29-25(28-19)21-8-4-3-5-9-21)31-13-11-30(12-14-31)17-23(32)18-33-2/h3-10,15,23,32H,11-14,16-18H2,1-2H3. The summed E-state index contributed by atoms with van der Waals surface area (Å²) in [5.41, 5.74) is 3.80. The number of hydrogen-bond acceptors (Lipinski definition) is 6. The van der Waals surface area contributed by atoms with E-state index in [2.05, 4.69) is 9.80 Å². The molecule has 2 heterocycles. The number of ether oxygens (including phenoxy) is 1. The maximum atomic E-state index is 13.8. The van der Waals surface area contributed by atoms with Crippen molar-refractivity contribution in [2.24, 2.45) is 0 Å². The molecule has 0 bridgehead atoms. The van der Waals surface area contributed by atoms with E-state index in [4.69, 9.17) is 14.7 Å². The lowest BCUT2D eigenvalue weighted by atomic mass is 10.0. The summed E-state index contributed by atoms with van der Waals surface area (Å²) in [6, 6.07) is 16.7. The van der Waals surface area contributed by atoms with E-state index in [1.807, 2.05) is 43.3 Å². The van der Waals surface area contributed by atoms with Gasteiger partial charge in [0.25, 0.3) is 0 Å². The molecule has 7 heteroatoms. The largest absolute Gasteiger partial charge is 0.389 e. The molecule has 33 heavy (non-hydrogen) atoms. The van der Waals surface area contributed by atoms with Crippen LogP contribution < -0.4 is 4.90 Å². The zero-order valence-corrected chi connectivity index (χ0v) is 19.2. The number of nitrogens with zero attached hydrogens (tertiary/aromatic N) is 4. The van der Waals surface area contributed by atoms with Crippen molar-refractivity contribution in [3.63, 3.8) is 0 Å². The molecule has 1 aliphatic heterocycles. The topological polar surface area (TPSA) is 61.7 Å². The molecule has 1 aliphatic rings. The normalized spacial score (nSPS) is 15.6. The highest BCUT2D eigenvalue weighted by Crippen LogP contribution is 2.28. The number of aliphatic hydroxyl groups excluding tert-OH is 1. The molecule has 1 atom stereocenters. The first-order valence-corrected chi connectivity index (χ1v) is 11.3. The number of hydrogen-bond donors (Lipinski definition) is 1. The molecule has 0 spiro atoms. The zero-order valence-electron chi connectivity index (χ0n) is 19.2. The minimum atomic E-state index is -0.490. The molecule has 174 valence electrons. The average Bonchev–Trinajstić information content (AvgIpc) is 2.81. The Morgan fingerprint density at radius 1 is 1.03 bits per heavy atom. The molecule has 1 saturated heterocycles. The summed E-state index contributed by atoms with van der Waals surface area (Å²) in [6.45, 7) is 6.16. The first kappa shape index (κ1) is 23.3. The SMILES string of the molecule is COCC(O)CN1CCN(c2nc(-c3ccccc3)nc(C)c2Cc2cccc(F)c2)CC1. The highest BCUT2D eigenvalue weighted by Gasteiger charge is 2.24. The molecule has 0 saturated carbocycles. The Balaban J connectivity index is 1.62. The number of piperazine rings is 1. The van der Waals surface area contributed by atoms with Gasteiger partial charge in [0.15, 0.2) is 5.82 Å². The van der Waals surface area contributed by atoms with E-state index in [-0.39, 0.29) is 5.82 Å². The Kier molecular flexibility index (Phi) is 7.65. The number of anilines is 1. The fourth-order valence-corrected chi connectivity index (χ4v) is 4.30. The number of halogens is 1. The molecule has 0 radical (unpaired) electrons. The molecule has 1 fully saturated rings. The lowest BCUT2D eigenvalue weighted by Crippen LogP contribution is -2.49. The first-order valence-electron chi connectivity index (χ1n) is 11.3. The van der Waals surface area contributed by atoms with Gasteiger partial charge in [0, 0.05) is 63.1 Å². The van der Waals surface area contributed by atoms with Crippen LogP contribution in [-0.4, -0.2) is 72.5 Å². The quantitative estimate of drug-likeness (QED) is 0.568. The third-order valence-electron chi connectivity index (χ3n) is 5.99. The molecule has 4 rings (SSSR count). The maximum Gasteiger partial charge on any atom is 0.161 e. The van der Waals surface area contributed by atoms with E-state index < -0.39 is 6.10 Å². The molecular formula is C26H31FN4O2. The summed E-state index contributed by atoms with van der Waals surface area (Å²) in [6.07, 6.45) is 0.0804. The van der Waals surface area contributed by atoms with Crippen LogP contribution in [0, 0.1) is 12.7 Å². The van der Waals surface area contributed by atoms with E-state index >= 15 is 0 Å². The van der Waals surface area contributed by atoms with Crippen molar-refractivity contribution >= 4 is 5.82 Å². The third kappa shape index (κ3) is 5.93. The highest BCUT2D eigenvalue weighted by atomic mass is 19.1. The fraction of sp³-hybridized carbons (Fsp3) is 0.385. The Labute approximate surface area is 194 Å². The van der Waals surface area contributed by atoms with Gasteiger partial charge in [0.2, 0.25) is 0 Å². The van der Waals surface area contributed by atoms with Crippen LogP contribution in [0.3, 0.4) is 0 Å². The van der Waals surface area contributed by atoms with Crippen molar-refractivity contribution in [1.82, 2.24) is 14.9 Å². The number of benzene rings is 2. The first-order chi connectivity index (χ1) is 16.0. The van der Waals surface area contributed by atoms with Gasteiger partial charge in [-0.15, -0.1) is 0 Å². The van der Waals surface area contributed by atoms with Gasteiger partial charge in [-0.1, -0.05) is 42.5 Å². The van der Waals surface area contributed by atoms with Crippen LogP contribution in [0.4, 0.5) is 10.2 Å². The average molecular weight is 451 g/mol. The molecule has 2 aromatic carbocycles. The summed E-state index contributed by atoms with van der Waals surface area (Å²) >= 11 is 0. The zero-order chi connectivity index (χ0) is 23.2. The summed E-state index contributed by atoms with van der Waals surface area (Å²) in [5.74, 6) is 1.36. The van der Waals surface area contributed by atoms with E-state index in [1.165, 1.54) is 6.07 Å². The summed E-state index contributed by atoms with van der Waals surface area (Å²) in [5, 5.41) is 10.1. The van der Waals surface area contributed by atoms with Crippen molar-refractivity contribution in [3.05, 3.63) is 77.2 Å². The van der Waals surface area contributed by atoms with Gasteiger partial charge >= 0.3 is 0 Å². The van der Waals surface area contributed by atoms with Crippen LogP contribution in [0.5, 0.6) is 0 Å². The monoisotopic (exact) mass is 450 g/mol. The van der Waals surface area contributed by atoms with E-state index in [0.29, 0.717) is 25.4 Å². The molecule has 0 aliphatic carbocycles. The Morgan fingerprint density at radius 2 is 1.79 bits per heavy atom. The Hall–Kier alpha value is -2.87. The predicted octanol–water partition coefficient (Wildman–Crippen LogP) is 3.31. The van der Waals surface area contributed by atoms with Crippen molar-refractivity contribution in [2.75, 3.05) is 51.3 Å². The van der Waals surface area contributed by atoms with Gasteiger partial charge in [-0.05, 0) is 24.6 Å². The molecule has 3 aromatic rings. The second kappa shape index (κ2) is 10.8. The van der Waals surface area contributed by atoms with Gasteiger partial charge in [-0.3, -0.25) is 4.90 Å². The van der Waals surface area contributed by atoms with Crippen LogP contribution in [-0.2, 0) is 11.2 Å². The minimum absolute atomic E-state index is 0.239. The number of aliphatic hydroxyl groups is 1. The van der Waals surface area contributed by atoms with E-state index in [1.54, 1.807) is 19.2 Å². The van der Waals surface area contributed by atoms with Crippen molar-refractivity contribution in [3.8, 4) is 11.4 Å². The molecule has 1 aromatic heterocycles. The maximum absolute atomic E-state index is 13.8. The summed E-state index contributed by atoms with van der Waals surface area (Å²) < 4.78 is 18.9. The van der Waals surface area contributed by atoms with Crippen molar-refractivity contribution in [2.45, 2.75) is 19.4 Å². The number of methoxy groups -OCH3 is 1. The van der Waals surface area contributed by atoms with Crippen LogP contribution in [0.1, 0.15) is 16.8 Å². The molecule has 6 nitrogen and oxygen atoms in total. The van der Waals surface area contributed by atoms with Gasteiger partial charge in [0.1, 0.15) is 11.6 Å². The molecular weight excluding hydrogens is 419 g/mol. The van der Waals surface area contributed by atoms with Crippen molar-refractivity contribution < 1.29 is 14.2 Å². The number of rotatable bonds is 8. The van der Waals surface area contributed by atoms with Gasteiger partial charge in [-0.25, -0.2) is 14.4 Å². The van der Waals surface area contributed by atoms with Crippen LogP contribution in [0.15, 0.2) is 54.6 Å². The highest BCUT2D eigenvalue weighted by molar-refractivity contribution is 5.61. The van der Waals surface area contributed by atoms with E-state index in [9.17, 15) is 9.50 Å². The lowest BCUT2D eigenvalue weighted by molar-refractivity contribution is 0.0365. The summed E-state index contributed by atoms with van der Waals surface area (Å²) in [4.78, 5) is 14.3. The van der Waals surface area contributed by atoms with Crippen LogP contribution >= 0.6 is 0 Å². The smallest absolute Gasteiger partial charge is 0.161 e. The molecule has 0 amide bonds. The third-order valence-corrected chi connectivity index (χ3v) is 5.99. The molecule has 1 unspecified atom stereocenters. The van der Waals surface area contributed by atoms with Gasteiger partial charge in [-0.2, -0.15) is 0 Å². The second-order valence-corrected chi connectivity index (χ2v) is 8.50. The minimum Gasteiger partial charge on any atom is -0.389 e. The molecule has 1 N–H and O–H groups in total. The lowest BCUT2D eigenvalue weighted by Gasteiger charge is -2.37. The fourth-order valence-electron chi connectivity index (χ4n) is 4.30. The number of aryl methyl sites for hydroxylation is 1. The summed E-state index contributed by atoms with van der Waals surface area (Å²) in [7, 11) is 1.60. The Morgan fingerprint density at radius 3 is 2.48 bits per heavy atom. The van der Waals surface area contributed by atoms with Crippen LogP contribution in [0.2, 0.25) is 0 Å². The Bertz CT molecular complexity index is 1060. The van der Waals surface area contributed by atoms with Crippen molar-refractivity contribution in [1.29, 1.82) is 0 Å². The van der Waals surface area contributed by atoms with E-state index in [0.717, 1.165) is 54.4 Å². The number of aromatic nitrogens is 2. The predicted molar refractivity (Wildman–Crippen MR) is 128 cm³/mol.